The number of rotatable bonds is 6. The molecule has 5 nitrogen and oxygen atoms in total. The molecule has 0 bridgehead atoms. The van der Waals surface area contributed by atoms with Crippen molar-refractivity contribution in [2.24, 2.45) is 5.92 Å². The summed E-state index contributed by atoms with van der Waals surface area (Å²) in [6.07, 6.45) is 3.23. The molecule has 32 heavy (non-hydrogen) atoms. The molecule has 1 aliphatic rings. The first-order valence-electron chi connectivity index (χ1n) is 11.0. The fourth-order valence-electron chi connectivity index (χ4n) is 4.37. The highest BCUT2D eigenvalue weighted by Crippen LogP contribution is 2.29. The van der Waals surface area contributed by atoms with E-state index in [1.165, 1.54) is 5.56 Å². The van der Waals surface area contributed by atoms with Crippen LogP contribution in [0.5, 0.6) is 0 Å². The number of nitrogens with one attached hydrogen (secondary N) is 1. The van der Waals surface area contributed by atoms with Crippen LogP contribution in [-0.4, -0.2) is 30.1 Å². The number of carbonyl (C=O) groups is 2. The van der Waals surface area contributed by atoms with Crippen molar-refractivity contribution in [3.63, 3.8) is 0 Å². The Morgan fingerprint density at radius 3 is 2.31 bits per heavy atom. The Hall–Kier alpha value is -3.60. The molecule has 0 spiro atoms. The van der Waals surface area contributed by atoms with Gasteiger partial charge in [0.1, 0.15) is 0 Å². The lowest BCUT2D eigenvalue weighted by atomic mass is 9.90. The van der Waals surface area contributed by atoms with Gasteiger partial charge >= 0.3 is 5.97 Å². The second-order valence-corrected chi connectivity index (χ2v) is 8.42. The van der Waals surface area contributed by atoms with Crippen molar-refractivity contribution in [1.82, 2.24) is 0 Å². The lowest BCUT2D eigenvalue weighted by Crippen LogP contribution is -2.34. The predicted molar refractivity (Wildman–Crippen MR) is 128 cm³/mol. The fraction of sp³-hybridized carbons (Fsp3) is 0.259. The number of carbonyl (C=O) groups excluding carboxylic acids is 1. The van der Waals surface area contributed by atoms with Crippen LogP contribution in [0, 0.1) is 12.8 Å². The minimum atomic E-state index is -1.05. The van der Waals surface area contributed by atoms with Crippen molar-refractivity contribution in [3.8, 4) is 0 Å². The van der Waals surface area contributed by atoms with E-state index in [4.69, 9.17) is 0 Å². The van der Waals surface area contributed by atoms with E-state index in [2.05, 4.69) is 34.5 Å². The predicted octanol–water partition coefficient (Wildman–Crippen LogP) is 5.40. The Morgan fingerprint density at radius 2 is 1.62 bits per heavy atom. The van der Waals surface area contributed by atoms with Crippen LogP contribution in [0.25, 0.3) is 0 Å². The molecular weight excluding hydrogens is 400 g/mol. The standard InChI is InChI=1S/C27H28N2O3/c1-19-7-5-6-10-23(19)26(30)28-25-12-11-22(18-24(25)27(31)32)29-15-13-21(14-16-29)17-20-8-3-2-4-9-20/h2-12,18,21H,13-17H2,1H3,(H,28,30)(H,31,32). The van der Waals surface area contributed by atoms with Gasteiger partial charge in [-0.25, -0.2) is 4.79 Å². The smallest absolute Gasteiger partial charge is 0.337 e. The zero-order valence-electron chi connectivity index (χ0n) is 18.3. The quantitative estimate of drug-likeness (QED) is 0.551. The third kappa shape index (κ3) is 4.99. The van der Waals surface area contributed by atoms with E-state index in [0.717, 1.165) is 43.6 Å². The number of aromatic carboxylic acids is 1. The average Bonchev–Trinajstić information content (AvgIpc) is 2.80. The summed E-state index contributed by atoms with van der Waals surface area (Å²) in [4.78, 5) is 26.8. The van der Waals surface area contributed by atoms with Crippen molar-refractivity contribution >= 4 is 23.3 Å². The second-order valence-electron chi connectivity index (χ2n) is 8.42. The average molecular weight is 429 g/mol. The molecule has 2 N–H and O–H groups in total. The van der Waals surface area contributed by atoms with Gasteiger partial charge in [-0.3, -0.25) is 4.79 Å². The second kappa shape index (κ2) is 9.69. The van der Waals surface area contributed by atoms with E-state index in [-0.39, 0.29) is 11.5 Å². The fourth-order valence-corrected chi connectivity index (χ4v) is 4.37. The Morgan fingerprint density at radius 1 is 0.938 bits per heavy atom. The van der Waals surface area contributed by atoms with E-state index >= 15 is 0 Å². The van der Waals surface area contributed by atoms with Gasteiger partial charge in [-0.15, -0.1) is 0 Å². The van der Waals surface area contributed by atoms with Gasteiger partial charge in [0.2, 0.25) is 0 Å². The number of benzene rings is 3. The number of anilines is 2. The molecule has 0 radical (unpaired) electrons. The van der Waals surface area contributed by atoms with Gasteiger partial charge in [-0.05, 0) is 67.5 Å². The molecule has 164 valence electrons. The number of hydrogen-bond donors (Lipinski definition) is 2. The molecule has 0 unspecified atom stereocenters. The summed E-state index contributed by atoms with van der Waals surface area (Å²) in [5.41, 5.74) is 4.05. The van der Waals surface area contributed by atoms with Crippen LogP contribution in [0.1, 0.15) is 44.7 Å². The molecule has 0 aliphatic carbocycles. The molecule has 5 heteroatoms. The maximum absolute atomic E-state index is 12.7. The van der Waals surface area contributed by atoms with Crippen LogP contribution in [-0.2, 0) is 6.42 Å². The molecule has 4 rings (SSSR count). The molecule has 0 aromatic heterocycles. The molecule has 1 amide bonds. The van der Waals surface area contributed by atoms with Gasteiger partial charge in [-0.1, -0.05) is 48.5 Å². The van der Waals surface area contributed by atoms with Crippen LogP contribution >= 0.6 is 0 Å². The number of piperidine rings is 1. The van der Waals surface area contributed by atoms with Crippen molar-refractivity contribution in [2.75, 3.05) is 23.3 Å². The number of carboxylic acid groups (broad SMARTS) is 1. The third-order valence-corrected chi connectivity index (χ3v) is 6.22. The van der Waals surface area contributed by atoms with Gasteiger partial charge in [0, 0.05) is 24.3 Å². The number of amides is 1. The van der Waals surface area contributed by atoms with Gasteiger partial charge in [0.05, 0.1) is 11.3 Å². The molecule has 1 heterocycles. The first-order chi connectivity index (χ1) is 15.5. The summed E-state index contributed by atoms with van der Waals surface area (Å²) in [5.74, 6) is -0.716. The maximum Gasteiger partial charge on any atom is 0.337 e. The number of nitrogens with zero attached hydrogens (tertiary/aromatic N) is 1. The maximum atomic E-state index is 12.7. The molecule has 3 aromatic rings. The highest BCUT2D eigenvalue weighted by Gasteiger charge is 2.22. The van der Waals surface area contributed by atoms with Crippen LogP contribution in [0.15, 0.2) is 72.8 Å². The van der Waals surface area contributed by atoms with Gasteiger partial charge in [0.25, 0.3) is 5.91 Å². The Balaban J connectivity index is 1.45. The van der Waals surface area contributed by atoms with Crippen molar-refractivity contribution in [1.29, 1.82) is 0 Å². The summed E-state index contributed by atoms with van der Waals surface area (Å²) >= 11 is 0. The first-order valence-corrected chi connectivity index (χ1v) is 11.0. The number of carboxylic acids is 1. The highest BCUT2D eigenvalue weighted by molar-refractivity contribution is 6.08. The van der Waals surface area contributed by atoms with E-state index in [9.17, 15) is 14.7 Å². The number of aryl methyl sites for hydroxylation is 1. The van der Waals surface area contributed by atoms with E-state index in [1.54, 1.807) is 24.3 Å². The van der Waals surface area contributed by atoms with Crippen molar-refractivity contribution in [2.45, 2.75) is 26.2 Å². The zero-order chi connectivity index (χ0) is 22.5. The van der Waals surface area contributed by atoms with Crippen molar-refractivity contribution in [3.05, 3.63) is 95.1 Å². The Kier molecular flexibility index (Phi) is 6.55. The SMILES string of the molecule is Cc1ccccc1C(=O)Nc1ccc(N2CCC(Cc3ccccc3)CC2)cc1C(=O)O. The minimum Gasteiger partial charge on any atom is -0.478 e. The van der Waals surface area contributed by atoms with Crippen LogP contribution in [0.2, 0.25) is 0 Å². The molecule has 0 atom stereocenters. The Bertz CT molecular complexity index is 1100. The summed E-state index contributed by atoms with van der Waals surface area (Å²) in [7, 11) is 0. The van der Waals surface area contributed by atoms with Gasteiger partial charge in [0.15, 0.2) is 0 Å². The van der Waals surface area contributed by atoms with E-state index in [0.29, 0.717) is 17.2 Å². The Labute approximate surface area is 188 Å². The summed E-state index contributed by atoms with van der Waals surface area (Å²) in [6, 6.07) is 23.1. The van der Waals surface area contributed by atoms with E-state index in [1.807, 2.05) is 31.2 Å². The molecule has 0 saturated carbocycles. The molecule has 1 saturated heterocycles. The topological polar surface area (TPSA) is 69.6 Å². The van der Waals surface area contributed by atoms with Crippen LogP contribution in [0.3, 0.4) is 0 Å². The van der Waals surface area contributed by atoms with Crippen molar-refractivity contribution < 1.29 is 14.7 Å². The monoisotopic (exact) mass is 428 g/mol. The van der Waals surface area contributed by atoms with Crippen LogP contribution < -0.4 is 10.2 Å². The molecule has 1 aliphatic heterocycles. The summed E-state index contributed by atoms with van der Waals surface area (Å²) in [6.45, 7) is 3.65. The third-order valence-electron chi connectivity index (χ3n) is 6.22. The van der Waals surface area contributed by atoms with Crippen LogP contribution in [0.4, 0.5) is 11.4 Å². The lowest BCUT2D eigenvalue weighted by molar-refractivity contribution is 0.0698. The van der Waals surface area contributed by atoms with Gasteiger partial charge < -0.3 is 15.3 Å². The number of hydrogen-bond acceptors (Lipinski definition) is 3. The highest BCUT2D eigenvalue weighted by atomic mass is 16.4. The minimum absolute atomic E-state index is 0.107. The summed E-state index contributed by atoms with van der Waals surface area (Å²) in [5, 5.41) is 12.5. The normalized spacial score (nSPS) is 14.2. The summed E-state index contributed by atoms with van der Waals surface area (Å²) < 4.78 is 0. The largest absolute Gasteiger partial charge is 0.478 e. The molecule has 1 fully saturated rings. The zero-order valence-corrected chi connectivity index (χ0v) is 18.3. The first kappa shape index (κ1) is 21.6. The molecule has 3 aromatic carbocycles. The lowest BCUT2D eigenvalue weighted by Gasteiger charge is -2.34. The van der Waals surface area contributed by atoms with Gasteiger partial charge in [-0.2, -0.15) is 0 Å². The molecular formula is C27H28N2O3. The van der Waals surface area contributed by atoms with E-state index < -0.39 is 5.97 Å².